The molecule has 1 saturated carbocycles. The molecule has 1 heterocycles. The minimum atomic E-state index is -0.0507. The van der Waals surface area contributed by atoms with E-state index >= 15 is 0 Å². The molecular weight excluding hydrogens is 350 g/mol. The number of halogens is 1. The lowest BCUT2D eigenvalue weighted by molar-refractivity contribution is -0.129. The molecule has 0 radical (unpaired) electrons. The molecule has 1 atom stereocenters. The average molecular weight is 378 g/mol. The quantitative estimate of drug-likeness (QED) is 0.858. The number of piperazine rings is 1. The Kier molecular flexibility index (Phi) is 6.54. The predicted molar refractivity (Wildman–Crippen MR) is 103 cm³/mol. The molecule has 1 aliphatic heterocycles. The van der Waals surface area contributed by atoms with Gasteiger partial charge in [0.1, 0.15) is 0 Å². The van der Waals surface area contributed by atoms with Crippen LogP contribution in [0.15, 0.2) is 24.3 Å². The molecule has 5 nitrogen and oxygen atoms in total. The van der Waals surface area contributed by atoms with Gasteiger partial charge < -0.3 is 10.2 Å². The van der Waals surface area contributed by atoms with Crippen molar-refractivity contribution in [3.63, 3.8) is 0 Å². The van der Waals surface area contributed by atoms with Crippen molar-refractivity contribution < 1.29 is 9.59 Å². The van der Waals surface area contributed by atoms with E-state index in [4.69, 9.17) is 11.6 Å². The lowest BCUT2D eigenvalue weighted by Gasteiger charge is -2.40. The molecule has 1 aromatic carbocycles. The fourth-order valence-corrected chi connectivity index (χ4v) is 4.33. The molecule has 6 heteroatoms. The van der Waals surface area contributed by atoms with E-state index in [0.717, 1.165) is 25.9 Å². The van der Waals surface area contributed by atoms with Gasteiger partial charge in [-0.25, -0.2) is 0 Å². The van der Waals surface area contributed by atoms with Crippen LogP contribution in [0.25, 0.3) is 0 Å². The van der Waals surface area contributed by atoms with Crippen molar-refractivity contribution in [2.24, 2.45) is 5.92 Å². The second kappa shape index (κ2) is 8.87. The van der Waals surface area contributed by atoms with Crippen LogP contribution in [-0.2, 0) is 4.79 Å². The van der Waals surface area contributed by atoms with E-state index < -0.39 is 0 Å². The largest absolute Gasteiger partial charge is 0.355 e. The molecule has 0 aromatic heterocycles. The topological polar surface area (TPSA) is 52.7 Å². The summed E-state index contributed by atoms with van der Waals surface area (Å²) in [5, 5.41) is 3.64. The number of nitrogens with one attached hydrogen (secondary N) is 1. The Morgan fingerprint density at radius 1 is 1.12 bits per heavy atom. The zero-order chi connectivity index (χ0) is 18.5. The maximum absolute atomic E-state index is 12.7. The van der Waals surface area contributed by atoms with Gasteiger partial charge in [0.25, 0.3) is 5.91 Å². The van der Waals surface area contributed by atoms with Gasteiger partial charge in [-0.3, -0.25) is 14.5 Å². The first-order valence-corrected chi connectivity index (χ1v) is 10.0. The van der Waals surface area contributed by atoms with Crippen LogP contribution in [0.1, 0.15) is 43.0 Å². The van der Waals surface area contributed by atoms with Crippen molar-refractivity contribution in [1.29, 1.82) is 0 Å². The average Bonchev–Trinajstić information content (AvgIpc) is 3.17. The third-order valence-corrected chi connectivity index (χ3v) is 5.80. The Morgan fingerprint density at radius 3 is 2.31 bits per heavy atom. The number of benzene rings is 1. The number of likely N-dealkylation sites (N-methyl/N-ethyl adjacent to an activating group) is 1. The van der Waals surface area contributed by atoms with Crippen molar-refractivity contribution in [1.82, 2.24) is 15.1 Å². The van der Waals surface area contributed by atoms with E-state index in [9.17, 15) is 9.59 Å². The summed E-state index contributed by atoms with van der Waals surface area (Å²) in [7, 11) is 0. The highest BCUT2D eigenvalue weighted by Crippen LogP contribution is 2.31. The molecular formula is C20H28ClN3O2. The van der Waals surface area contributed by atoms with Crippen molar-refractivity contribution in [2.45, 2.75) is 38.6 Å². The molecule has 0 spiro atoms. The van der Waals surface area contributed by atoms with Crippen LogP contribution in [0.3, 0.4) is 0 Å². The number of hydrogen-bond donors (Lipinski definition) is 1. The maximum atomic E-state index is 12.7. The van der Waals surface area contributed by atoms with Gasteiger partial charge >= 0.3 is 0 Å². The van der Waals surface area contributed by atoms with Crippen LogP contribution in [0.2, 0.25) is 5.02 Å². The van der Waals surface area contributed by atoms with Gasteiger partial charge in [-0.15, -0.1) is 0 Å². The van der Waals surface area contributed by atoms with Gasteiger partial charge in [-0.1, -0.05) is 24.4 Å². The molecule has 142 valence electrons. The monoisotopic (exact) mass is 377 g/mol. The SMILES string of the molecule is CCNC(=O)[C@@H](C1CCCC1)N1CCN(C(=O)c2ccc(Cl)cc2)CC1. The Balaban J connectivity index is 1.62. The van der Waals surface area contributed by atoms with Crippen molar-refractivity contribution in [3.05, 3.63) is 34.9 Å². The molecule has 26 heavy (non-hydrogen) atoms. The molecule has 1 N–H and O–H groups in total. The van der Waals surface area contributed by atoms with Crippen molar-refractivity contribution in [3.8, 4) is 0 Å². The van der Waals surface area contributed by atoms with E-state index in [-0.39, 0.29) is 17.9 Å². The number of carbonyl (C=O) groups is 2. The normalized spacial score (nSPS) is 20.2. The summed E-state index contributed by atoms with van der Waals surface area (Å²) in [4.78, 5) is 29.5. The molecule has 2 aliphatic rings. The highest BCUT2D eigenvalue weighted by Gasteiger charge is 2.37. The smallest absolute Gasteiger partial charge is 0.253 e. The zero-order valence-corrected chi connectivity index (χ0v) is 16.2. The molecule has 2 amide bonds. The van der Waals surface area contributed by atoms with Gasteiger partial charge in [-0.05, 0) is 49.9 Å². The fourth-order valence-electron chi connectivity index (χ4n) is 4.21. The van der Waals surface area contributed by atoms with Gasteiger partial charge in [0, 0.05) is 43.3 Å². The summed E-state index contributed by atoms with van der Waals surface area (Å²) in [6.45, 7) is 5.44. The lowest BCUT2D eigenvalue weighted by atomic mass is 9.95. The standard InChI is InChI=1S/C20H28ClN3O2/c1-2-22-19(25)18(15-5-3-4-6-15)23-11-13-24(14-12-23)20(26)16-7-9-17(21)10-8-16/h7-10,15,18H,2-6,11-14H2,1H3,(H,22,25)/t18-/m1/s1. The van der Waals surface area contributed by atoms with Gasteiger partial charge in [-0.2, -0.15) is 0 Å². The van der Waals surface area contributed by atoms with E-state index in [1.165, 1.54) is 12.8 Å². The summed E-state index contributed by atoms with van der Waals surface area (Å²) in [5.41, 5.74) is 0.666. The van der Waals surface area contributed by atoms with Gasteiger partial charge in [0.2, 0.25) is 5.91 Å². The molecule has 1 aliphatic carbocycles. The van der Waals surface area contributed by atoms with E-state index in [2.05, 4.69) is 10.2 Å². The molecule has 0 unspecified atom stereocenters. The molecule has 2 fully saturated rings. The Bertz CT molecular complexity index is 620. The van der Waals surface area contributed by atoms with Crippen LogP contribution < -0.4 is 5.32 Å². The zero-order valence-electron chi connectivity index (χ0n) is 15.4. The van der Waals surface area contributed by atoms with E-state index in [1.54, 1.807) is 24.3 Å². The molecule has 1 saturated heterocycles. The lowest BCUT2D eigenvalue weighted by Crippen LogP contribution is -2.58. The van der Waals surface area contributed by atoms with Crippen LogP contribution in [0.4, 0.5) is 0 Å². The third-order valence-electron chi connectivity index (χ3n) is 5.55. The van der Waals surface area contributed by atoms with Crippen LogP contribution in [0, 0.1) is 5.92 Å². The first kappa shape index (κ1) is 19.2. The summed E-state index contributed by atoms with van der Waals surface area (Å²) >= 11 is 5.90. The highest BCUT2D eigenvalue weighted by atomic mass is 35.5. The molecule has 0 bridgehead atoms. The number of amides is 2. The molecule has 3 rings (SSSR count). The van der Waals surface area contributed by atoms with Crippen LogP contribution in [-0.4, -0.2) is 60.4 Å². The second-order valence-corrected chi connectivity index (χ2v) is 7.66. The van der Waals surface area contributed by atoms with Gasteiger partial charge in [0.15, 0.2) is 0 Å². The number of rotatable bonds is 5. The fraction of sp³-hybridized carbons (Fsp3) is 0.600. The third kappa shape index (κ3) is 4.38. The predicted octanol–water partition coefficient (Wildman–Crippen LogP) is 2.79. The second-order valence-electron chi connectivity index (χ2n) is 7.22. The van der Waals surface area contributed by atoms with Crippen molar-refractivity contribution in [2.75, 3.05) is 32.7 Å². The summed E-state index contributed by atoms with van der Waals surface area (Å²) < 4.78 is 0. The minimum Gasteiger partial charge on any atom is -0.355 e. The Morgan fingerprint density at radius 2 is 1.73 bits per heavy atom. The van der Waals surface area contributed by atoms with Crippen LogP contribution in [0.5, 0.6) is 0 Å². The van der Waals surface area contributed by atoms with Crippen LogP contribution >= 0.6 is 11.6 Å². The highest BCUT2D eigenvalue weighted by molar-refractivity contribution is 6.30. The summed E-state index contributed by atoms with van der Waals surface area (Å²) in [6.07, 6.45) is 4.70. The molecule has 1 aromatic rings. The number of carbonyl (C=O) groups excluding carboxylic acids is 2. The summed E-state index contributed by atoms with van der Waals surface area (Å²) in [5.74, 6) is 0.633. The Hall–Kier alpha value is -1.59. The minimum absolute atomic E-state index is 0.0387. The van der Waals surface area contributed by atoms with E-state index in [1.807, 2.05) is 11.8 Å². The maximum Gasteiger partial charge on any atom is 0.253 e. The number of nitrogens with zero attached hydrogens (tertiary/aromatic N) is 2. The van der Waals surface area contributed by atoms with Crippen molar-refractivity contribution >= 4 is 23.4 Å². The van der Waals surface area contributed by atoms with E-state index in [0.29, 0.717) is 36.1 Å². The first-order valence-electron chi connectivity index (χ1n) is 9.66. The van der Waals surface area contributed by atoms with Gasteiger partial charge in [0.05, 0.1) is 6.04 Å². The summed E-state index contributed by atoms with van der Waals surface area (Å²) in [6, 6.07) is 6.98. The number of hydrogen-bond acceptors (Lipinski definition) is 3. The first-order chi connectivity index (χ1) is 12.6. The Labute approximate surface area is 160 Å².